The lowest BCUT2D eigenvalue weighted by atomic mass is 9.94. The Morgan fingerprint density at radius 1 is 1.32 bits per heavy atom. The normalized spacial score (nSPS) is 21.0. The Morgan fingerprint density at radius 3 is 2.55 bits per heavy atom. The van der Waals surface area contributed by atoms with Gasteiger partial charge in [-0.1, -0.05) is 0 Å². The number of sulfonamides is 1. The van der Waals surface area contributed by atoms with Gasteiger partial charge in [0.25, 0.3) is 5.69 Å². The number of alkyl carbamates (subject to hydrolysis) is 1. The second kappa shape index (κ2) is 7.22. The summed E-state index contributed by atoms with van der Waals surface area (Å²) in [5.41, 5.74) is -1.02. The predicted octanol–water partition coefficient (Wildman–Crippen LogP) is 2.46. The molecule has 1 atom stereocenters. The highest BCUT2D eigenvalue weighted by Crippen LogP contribution is 2.38. The van der Waals surface area contributed by atoms with Crippen molar-refractivity contribution >= 4 is 38.7 Å². The monoisotopic (exact) mass is 451 g/mol. The number of nitro groups is 1. The van der Waals surface area contributed by atoms with Crippen molar-refractivity contribution in [2.75, 3.05) is 12.8 Å². The average molecular weight is 452 g/mol. The molecule has 2 aromatic rings. The molecule has 1 N–H and O–H groups in total. The Labute approximate surface area is 179 Å². The molecule has 1 amide bonds. The number of ether oxygens (including phenoxy) is 1. The molecule has 31 heavy (non-hydrogen) atoms. The van der Waals surface area contributed by atoms with Crippen LogP contribution in [0.3, 0.4) is 0 Å². The van der Waals surface area contributed by atoms with Crippen LogP contribution in [0.5, 0.6) is 0 Å². The molecule has 1 aliphatic rings. The molecule has 1 aliphatic heterocycles. The Hall–Kier alpha value is -3.15. The zero-order valence-electron chi connectivity index (χ0n) is 18.2. The number of fused-ring (bicyclic) bond motifs is 1. The maximum atomic E-state index is 12.9. The number of carbonyl (C=O) groups excluding carboxylic acids is 1. The molecule has 1 aromatic heterocycles. The van der Waals surface area contributed by atoms with Gasteiger partial charge in [0.15, 0.2) is 0 Å². The fourth-order valence-corrected chi connectivity index (χ4v) is 4.96. The lowest BCUT2D eigenvalue weighted by Crippen LogP contribution is -2.54. The van der Waals surface area contributed by atoms with Crippen molar-refractivity contribution in [1.82, 2.24) is 14.2 Å². The second-order valence-electron chi connectivity index (χ2n) is 8.67. The van der Waals surface area contributed by atoms with Gasteiger partial charge in [0.1, 0.15) is 11.1 Å². The fourth-order valence-electron chi connectivity index (χ4n) is 3.48. The number of non-ortho nitro benzene ring substituents is 1. The van der Waals surface area contributed by atoms with Gasteiger partial charge in [-0.3, -0.25) is 15.4 Å². The van der Waals surface area contributed by atoms with Gasteiger partial charge in [-0.25, -0.2) is 22.5 Å². The number of aromatic nitrogens is 1. The summed E-state index contributed by atoms with van der Waals surface area (Å²) in [6, 6.07) is 4.39. The molecule has 0 saturated heterocycles. The van der Waals surface area contributed by atoms with E-state index in [4.69, 9.17) is 4.74 Å². The number of carbonyl (C=O) groups is 1. The van der Waals surface area contributed by atoms with Crippen LogP contribution < -0.4 is 5.32 Å². The van der Waals surface area contributed by atoms with Gasteiger partial charge in [0, 0.05) is 48.9 Å². The first-order chi connectivity index (χ1) is 14.1. The Morgan fingerprint density at radius 2 is 1.97 bits per heavy atom. The van der Waals surface area contributed by atoms with Crippen molar-refractivity contribution in [3.63, 3.8) is 0 Å². The number of hydrogen-bond donors (Lipinski definition) is 1. The molecule has 0 spiro atoms. The van der Waals surface area contributed by atoms with Gasteiger partial charge in [-0.05, 0) is 33.8 Å². The first-order valence-corrected chi connectivity index (χ1v) is 11.0. The minimum absolute atomic E-state index is 0.115. The van der Waals surface area contributed by atoms with Crippen molar-refractivity contribution in [2.45, 2.75) is 38.8 Å². The van der Waals surface area contributed by atoms with E-state index in [0.29, 0.717) is 16.5 Å². The van der Waals surface area contributed by atoms with E-state index in [1.807, 2.05) is 0 Å². The molecular weight excluding hydrogens is 426 g/mol. The van der Waals surface area contributed by atoms with E-state index in [1.54, 1.807) is 51.6 Å². The summed E-state index contributed by atoms with van der Waals surface area (Å²) in [7, 11) is -0.804. The van der Waals surface area contributed by atoms with Gasteiger partial charge in [-0.2, -0.15) is 0 Å². The maximum Gasteiger partial charge on any atom is 0.414 e. The van der Waals surface area contributed by atoms with Gasteiger partial charge in [0.2, 0.25) is 16.0 Å². The fraction of sp³-hybridized carbons (Fsp3) is 0.474. The van der Waals surface area contributed by atoms with E-state index in [1.165, 1.54) is 19.2 Å². The van der Waals surface area contributed by atoms with E-state index >= 15 is 0 Å². The van der Waals surface area contributed by atoms with Gasteiger partial charge < -0.3 is 9.30 Å². The van der Waals surface area contributed by atoms with Crippen molar-refractivity contribution in [3.05, 3.63) is 40.1 Å². The van der Waals surface area contributed by atoms with E-state index < -0.39 is 32.2 Å². The van der Waals surface area contributed by atoms with Crippen LogP contribution in [0, 0.1) is 10.1 Å². The van der Waals surface area contributed by atoms with Crippen LogP contribution in [0.4, 0.5) is 10.5 Å². The van der Waals surface area contributed by atoms with Crippen LogP contribution in [0.1, 0.15) is 33.3 Å². The minimum atomic E-state index is -3.85. The zero-order chi connectivity index (χ0) is 23.4. The van der Waals surface area contributed by atoms with Crippen molar-refractivity contribution in [1.29, 1.82) is 0 Å². The van der Waals surface area contributed by atoms with Gasteiger partial charge in [0.05, 0.1) is 10.7 Å². The quantitative estimate of drug-likeness (QED) is 0.550. The molecule has 0 bridgehead atoms. The predicted molar refractivity (Wildman–Crippen MR) is 115 cm³/mol. The number of benzene rings is 1. The lowest BCUT2D eigenvalue weighted by Gasteiger charge is -2.35. The molecule has 1 aromatic carbocycles. The summed E-state index contributed by atoms with van der Waals surface area (Å²) in [5, 5.41) is 14.2. The maximum absolute atomic E-state index is 12.9. The lowest BCUT2D eigenvalue weighted by molar-refractivity contribution is -0.384. The topological polar surface area (TPSA) is 136 Å². The molecule has 0 saturated carbocycles. The van der Waals surface area contributed by atoms with Crippen LogP contribution >= 0.6 is 0 Å². The number of aliphatic imine (C=N–C) groups is 1. The Balaban J connectivity index is 2.15. The first-order valence-electron chi connectivity index (χ1n) is 9.43. The SMILES string of the molecule is CN1C(NC(=O)OC(C)(C)C)=N[C@](C)(c2cn(C)c3ccc([N+](=O)[O-])cc23)CS1(=O)=O. The van der Waals surface area contributed by atoms with Crippen LogP contribution in [-0.2, 0) is 27.3 Å². The summed E-state index contributed by atoms with van der Waals surface area (Å²) < 4.78 is 33.7. The molecule has 0 radical (unpaired) electrons. The molecule has 0 fully saturated rings. The highest BCUT2D eigenvalue weighted by atomic mass is 32.2. The molecule has 3 rings (SSSR count). The number of guanidine groups is 1. The molecule has 12 heteroatoms. The average Bonchev–Trinajstić information content (AvgIpc) is 2.94. The summed E-state index contributed by atoms with van der Waals surface area (Å²) >= 11 is 0. The number of amides is 1. The smallest absolute Gasteiger partial charge is 0.414 e. The standard InChI is InChI=1S/C19H25N5O6S/c1-18(2,3)30-17(25)20-16-21-19(4,11-31(28,29)23(16)6)14-10-22(5)15-8-7-12(24(26)27)9-13(14)15/h7-10H,11H2,1-6H3,(H,20,21,25)/t19-/m0/s1. The molecule has 0 aliphatic carbocycles. The van der Waals surface area contributed by atoms with Crippen LogP contribution in [0.2, 0.25) is 0 Å². The summed E-state index contributed by atoms with van der Waals surface area (Å²) in [4.78, 5) is 27.5. The van der Waals surface area contributed by atoms with Crippen molar-refractivity contribution in [2.24, 2.45) is 12.0 Å². The number of rotatable bonds is 2. The van der Waals surface area contributed by atoms with E-state index in [0.717, 1.165) is 4.31 Å². The molecular formula is C19H25N5O6S. The number of hydrogen-bond acceptors (Lipinski definition) is 7. The largest absolute Gasteiger partial charge is 0.444 e. The number of nitrogens with zero attached hydrogens (tertiary/aromatic N) is 4. The number of aryl methyl sites for hydroxylation is 1. The van der Waals surface area contributed by atoms with Crippen LogP contribution in [0.25, 0.3) is 10.9 Å². The second-order valence-corrected chi connectivity index (χ2v) is 10.7. The molecule has 2 heterocycles. The Kier molecular flexibility index (Phi) is 5.25. The van der Waals surface area contributed by atoms with E-state index in [2.05, 4.69) is 10.3 Å². The minimum Gasteiger partial charge on any atom is -0.444 e. The first kappa shape index (κ1) is 22.5. The molecule has 11 nitrogen and oxygen atoms in total. The third-order valence-electron chi connectivity index (χ3n) is 4.91. The molecule has 168 valence electrons. The van der Waals surface area contributed by atoms with Gasteiger partial charge >= 0.3 is 6.09 Å². The summed E-state index contributed by atoms with van der Waals surface area (Å²) in [6.45, 7) is 6.66. The third-order valence-corrected chi connectivity index (χ3v) is 6.84. The van der Waals surface area contributed by atoms with Crippen LogP contribution in [-0.4, -0.2) is 52.7 Å². The van der Waals surface area contributed by atoms with Crippen LogP contribution in [0.15, 0.2) is 29.4 Å². The number of nitro benzene ring substituents is 1. The summed E-state index contributed by atoms with van der Waals surface area (Å²) in [6.07, 6.45) is 0.857. The highest BCUT2D eigenvalue weighted by Gasteiger charge is 2.43. The summed E-state index contributed by atoms with van der Waals surface area (Å²) in [5.74, 6) is -0.567. The zero-order valence-corrected chi connectivity index (χ0v) is 19.0. The Bertz CT molecular complexity index is 1210. The third kappa shape index (κ3) is 4.33. The van der Waals surface area contributed by atoms with Gasteiger partial charge in [-0.15, -0.1) is 0 Å². The highest BCUT2D eigenvalue weighted by molar-refractivity contribution is 7.89. The van der Waals surface area contributed by atoms with E-state index in [9.17, 15) is 23.3 Å². The molecule has 0 unspecified atom stereocenters. The number of nitrogens with one attached hydrogen (secondary N) is 1. The van der Waals surface area contributed by atoms with Crippen molar-refractivity contribution < 1.29 is 22.9 Å². The van der Waals surface area contributed by atoms with Crippen molar-refractivity contribution in [3.8, 4) is 0 Å². The van der Waals surface area contributed by atoms with E-state index in [-0.39, 0.29) is 17.4 Å².